The molecule has 0 saturated carbocycles. The van der Waals surface area contributed by atoms with Gasteiger partial charge in [-0.25, -0.2) is 9.97 Å². The minimum atomic E-state index is -0.561. The van der Waals surface area contributed by atoms with Crippen molar-refractivity contribution < 1.29 is 14.6 Å². The molecule has 4 rings (SSSR count). The summed E-state index contributed by atoms with van der Waals surface area (Å²) in [6, 6.07) is 2.64. The maximum absolute atomic E-state index is 13.1. The maximum atomic E-state index is 13.1. The van der Waals surface area contributed by atoms with Gasteiger partial charge in [0.1, 0.15) is 28.9 Å². The van der Waals surface area contributed by atoms with Crippen molar-refractivity contribution in [3.8, 4) is 0 Å². The Balaban J connectivity index is 1.39. The molecule has 13 nitrogen and oxygen atoms in total. The number of Topliss-reactive ketones (excluding diaryl/α,β-unsaturated/α-hetero) is 1. The number of hydrogen-bond donors (Lipinski definition) is 0. The van der Waals surface area contributed by atoms with Crippen molar-refractivity contribution in [2.24, 2.45) is 0 Å². The van der Waals surface area contributed by atoms with Crippen LogP contribution in [0.4, 0.5) is 11.6 Å². The fraction of sp³-hybridized carbons (Fsp3) is 0.316. The molecule has 34 heavy (non-hydrogen) atoms. The van der Waals surface area contributed by atoms with Gasteiger partial charge in [0.15, 0.2) is 0 Å². The molecule has 0 fully saturated rings. The van der Waals surface area contributed by atoms with E-state index in [0.717, 1.165) is 0 Å². The van der Waals surface area contributed by atoms with Crippen LogP contribution in [0.2, 0.25) is 0 Å². The molecule has 0 radical (unpaired) electrons. The Morgan fingerprint density at radius 1 is 0.882 bits per heavy atom. The van der Waals surface area contributed by atoms with Crippen LogP contribution in [0, 0.1) is 20.2 Å². The number of carbonyl (C=O) groups is 1. The molecule has 15 heteroatoms. The van der Waals surface area contributed by atoms with Crippen LogP contribution in [0.5, 0.6) is 0 Å². The lowest BCUT2D eigenvalue weighted by Crippen LogP contribution is -2.17. The maximum Gasteiger partial charge on any atom is 0.389 e. The summed E-state index contributed by atoms with van der Waals surface area (Å²) in [5.41, 5.74) is 1.25. The summed E-state index contributed by atoms with van der Waals surface area (Å²) in [7, 11) is 0. The number of hydrogen-bond acceptors (Lipinski definition) is 11. The summed E-state index contributed by atoms with van der Waals surface area (Å²) in [4.78, 5) is 42.6. The molecule has 0 aliphatic heterocycles. The highest BCUT2D eigenvalue weighted by atomic mass is 32.1. The molecule has 4 aromatic rings. The zero-order valence-electron chi connectivity index (χ0n) is 18.0. The van der Waals surface area contributed by atoms with Crippen molar-refractivity contribution in [1.82, 2.24) is 29.5 Å². The highest BCUT2D eigenvalue weighted by molar-refractivity contribution is 7.10. The number of aromatic nitrogens is 6. The van der Waals surface area contributed by atoms with Crippen LogP contribution >= 0.6 is 22.7 Å². The Morgan fingerprint density at radius 2 is 1.29 bits per heavy atom. The molecule has 0 amide bonds. The molecule has 4 aromatic heterocycles. The first-order valence-corrected chi connectivity index (χ1v) is 11.7. The molecule has 0 aromatic carbocycles. The normalized spacial score (nSPS) is 13.0. The predicted molar refractivity (Wildman–Crippen MR) is 122 cm³/mol. The van der Waals surface area contributed by atoms with Gasteiger partial charge in [0, 0.05) is 10.8 Å². The Morgan fingerprint density at radius 3 is 1.65 bits per heavy atom. The van der Waals surface area contributed by atoms with E-state index in [9.17, 15) is 25.0 Å². The van der Waals surface area contributed by atoms with Gasteiger partial charge in [-0.05, 0) is 23.7 Å². The predicted octanol–water partition coefficient (Wildman–Crippen LogP) is 3.38. The first-order chi connectivity index (χ1) is 16.2. The Hall–Kier alpha value is -3.85. The monoisotopic (exact) mass is 502 g/mol. The molecule has 0 bridgehead atoms. The summed E-state index contributed by atoms with van der Waals surface area (Å²) < 4.78 is 2.86. The van der Waals surface area contributed by atoms with E-state index < -0.39 is 21.7 Å². The van der Waals surface area contributed by atoms with Crippen molar-refractivity contribution in [3.63, 3.8) is 0 Å². The number of carbonyl (C=O) groups excluding carboxylic acids is 1. The van der Waals surface area contributed by atoms with Gasteiger partial charge in [-0.3, -0.25) is 4.79 Å². The smallest absolute Gasteiger partial charge is 0.358 e. The third-order valence-corrected chi connectivity index (χ3v) is 6.81. The van der Waals surface area contributed by atoms with E-state index in [1.807, 2.05) is 0 Å². The van der Waals surface area contributed by atoms with Crippen LogP contribution in [0.15, 0.2) is 35.3 Å². The van der Waals surface area contributed by atoms with E-state index in [2.05, 4.69) is 20.2 Å². The van der Waals surface area contributed by atoms with E-state index in [0.29, 0.717) is 21.4 Å². The second kappa shape index (κ2) is 9.56. The molecule has 2 unspecified atom stereocenters. The lowest BCUT2D eigenvalue weighted by atomic mass is 9.92. The summed E-state index contributed by atoms with van der Waals surface area (Å²) in [5.74, 6) is -1.44. The minimum Gasteiger partial charge on any atom is -0.358 e. The molecule has 0 spiro atoms. The zero-order valence-corrected chi connectivity index (χ0v) is 19.6. The SMILES string of the molecule is CC(C(=O)C(C)c1csc(Cn2ccc([N+](=O)[O-])n2)n1)c1csc(Cn2ccc([N+](=O)[O-])n2)n1. The van der Waals surface area contributed by atoms with E-state index in [1.54, 1.807) is 24.6 Å². The van der Waals surface area contributed by atoms with Crippen LogP contribution in [0.1, 0.15) is 47.1 Å². The van der Waals surface area contributed by atoms with Crippen molar-refractivity contribution in [2.45, 2.75) is 38.8 Å². The molecule has 0 N–H and O–H groups in total. The number of ketones is 1. The number of thiazole rings is 2. The first kappa shape index (κ1) is 23.3. The number of nitro groups is 2. The molecule has 2 atom stereocenters. The van der Waals surface area contributed by atoms with Crippen LogP contribution in [-0.4, -0.2) is 45.2 Å². The first-order valence-electron chi connectivity index (χ1n) is 9.99. The molecular formula is C19H18N8O5S2. The second-order valence-electron chi connectivity index (χ2n) is 7.44. The zero-order chi connectivity index (χ0) is 24.4. The van der Waals surface area contributed by atoms with Gasteiger partial charge in [0.25, 0.3) is 0 Å². The molecule has 0 aliphatic rings. The van der Waals surface area contributed by atoms with Crippen molar-refractivity contribution in [1.29, 1.82) is 0 Å². The average molecular weight is 503 g/mol. The van der Waals surface area contributed by atoms with E-state index in [-0.39, 0.29) is 30.5 Å². The van der Waals surface area contributed by atoms with Crippen LogP contribution in [-0.2, 0) is 17.9 Å². The quantitative estimate of drug-likeness (QED) is 0.233. The lowest BCUT2D eigenvalue weighted by molar-refractivity contribution is -0.390. The fourth-order valence-electron chi connectivity index (χ4n) is 3.21. The largest absolute Gasteiger partial charge is 0.389 e. The van der Waals surface area contributed by atoms with Crippen molar-refractivity contribution in [3.05, 3.63) is 76.9 Å². The second-order valence-corrected chi connectivity index (χ2v) is 9.32. The van der Waals surface area contributed by atoms with E-state index in [4.69, 9.17) is 0 Å². The molecular weight excluding hydrogens is 484 g/mol. The number of nitrogens with zero attached hydrogens (tertiary/aromatic N) is 8. The van der Waals surface area contributed by atoms with E-state index in [1.165, 1.54) is 56.6 Å². The molecule has 0 saturated heterocycles. The third kappa shape index (κ3) is 5.04. The molecule has 4 heterocycles. The van der Waals surface area contributed by atoms with Gasteiger partial charge in [0.2, 0.25) is 0 Å². The fourth-order valence-corrected chi connectivity index (χ4v) is 4.97. The standard InChI is InChI=1S/C19H18N8O5S2/c1-11(13-9-33-17(20-13)7-24-5-3-15(22-24)26(29)30)19(28)12(2)14-10-34-18(21-14)8-25-6-4-16(23-25)27(31)32/h3-6,9-12H,7-8H2,1-2H3. The van der Waals surface area contributed by atoms with E-state index >= 15 is 0 Å². The van der Waals surface area contributed by atoms with Crippen LogP contribution < -0.4 is 0 Å². The topological polar surface area (TPSA) is 165 Å². The Kier molecular flexibility index (Phi) is 6.56. The van der Waals surface area contributed by atoms with Crippen LogP contribution in [0.3, 0.4) is 0 Å². The molecule has 0 aliphatic carbocycles. The van der Waals surface area contributed by atoms with Crippen LogP contribution in [0.25, 0.3) is 0 Å². The average Bonchev–Trinajstić information content (AvgIpc) is 3.59. The Bertz CT molecular complexity index is 1260. The minimum absolute atomic E-state index is 0.0434. The van der Waals surface area contributed by atoms with Gasteiger partial charge in [-0.15, -0.1) is 22.7 Å². The van der Waals surface area contributed by atoms with Gasteiger partial charge < -0.3 is 20.2 Å². The lowest BCUT2D eigenvalue weighted by Gasteiger charge is -2.13. The highest BCUT2D eigenvalue weighted by Crippen LogP contribution is 2.28. The molecule has 176 valence electrons. The van der Waals surface area contributed by atoms with Crippen molar-refractivity contribution in [2.75, 3.05) is 0 Å². The van der Waals surface area contributed by atoms with Gasteiger partial charge in [-0.1, -0.05) is 0 Å². The summed E-state index contributed by atoms with van der Waals surface area (Å²) in [6.07, 6.45) is 3.02. The van der Waals surface area contributed by atoms with Crippen molar-refractivity contribution >= 4 is 40.1 Å². The number of rotatable bonds is 10. The highest BCUT2D eigenvalue weighted by Gasteiger charge is 2.27. The summed E-state index contributed by atoms with van der Waals surface area (Å²) >= 11 is 2.72. The Labute approximate surface area is 200 Å². The van der Waals surface area contributed by atoms with Gasteiger partial charge in [0.05, 0.1) is 57.9 Å². The van der Waals surface area contributed by atoms with Gasteiger partial charge >= 0.3 is 11.6 Å². The third-order valence-electron chi connectivity index (χ3n) is 5.10. The summed E-state index contributed by atoms with van der Waals surface area (Å²) in [5, 5.41) is 34.3. The summed E-state index contributed by atoms with van der Waals surface area (Å²) in [6.45, 7) is 4.12. The van der Waals surface area contributed by atoms with Gasteiger partial charge in [-0.2, -0.15) is 9.36 Å².